The number of carbonyl (C=O) groups excluding carboxylic acids is 1. The number of benzene rings is 3. The Labute approximate surface area is 228 Å². The van der Waals surface area contributed by atoms with Crippen LogP contribution in [0.2, 0.25) is 0 Å². The molecule has 1 amide bonds. The van der Waals surface area contributed by atoms with Crippen molar-refractivity contribution < 1.29 is 23.7 Å². The zero-order valence-corrected chi connectivity index (χ0v) is 22.7. The molecule has 0 fully saturated rings. The summed E-state index contributed by atoms with van der Waals surface area (Å²) in [6.07, 6.45) is 1.53. The van der Waals surface area contributed by atoms with Crippen LogP contribution in [0.3, 0.4) is 0 Å². The van der Waals surface area contributed by atoms with E-state index in [0.29, 0.717) is 48.3 Å². The number of H-pyrrole nitrogens is 1. The van der Waals surface area contributed by atoms with E-state index in [1.807, 2.05) is 71.6 Å². The van der Waals surface area contributed by atoms with Crippen molar-refractivity contribution in [3.05, 3.63) is 89.1 Å². The quantitative estimate of drug-likeness (QED) is 0.270. The molecule has 1 atom stereocenters. The third kappa shape index (κ3) is 5.02. The molecule has 3 aromatic carbocycles. The highest BCUT2D eigenvalue weighted by Crippen LogP contribution is 2.44. The van der Waals surface area contributed by atoms with Gasteiger partial charge >= 0.3 is 0 Å². The van der Waals surface area contributed by atoms with Gasteiger partial charge in [0.1, 0.15) is 5.69 Å². The Kier molecular flexibility index (Phi) is 7.72. The Morgan fingerprint density at radius 2 is 1.59 bits per heavy atom. The third-order valence-electron chi connectivity index (χ3n) is 6.97. The zero-order valence-electron chi connectivity index (χ0n) is 22.7. The molecule has 39 heavy (non-hydrogen) atoms. The molecule has 1 aromatic heterocycles. The number of nitrogens with zero attached hydrogens (tertiary/aromatic N) is 2. The second-order valence-electron chi connectivity index (χ2n) is 9.33. The number of nitrogens with one attached hydrogen (secondary N) is 1. The van der Waals surface area contributed by atoms with Gasteiger partial charge in [-0.2, -0.15) is 5.10 Å². The second kappa shape index (κ2) is 11.5. The fourth-order valence-corrected chi connectivity index (χ4v) is 5.06. The second-order valence-corrected chi connectivity index (χ2v) is 9.33. The number of rotatable bonds is 11. The van der Waals surface area contributed by atoms with Crippen LogP contribution in [0.15, 0.2) is 66.7 Å². The summed E-state index contributed by atoms with van der Waals surface area (Å²) < 4.78 is 22.4. The number of aromatic amines is 1. The fourth-order valence-electron chi connectivity index (χ4n) is 5.06. The van der Waals surface area contributed by atoms with Crippen molar-refractivity contribution in [2.75, 3.05) is 34.5 Å². The molecule has 1 N–H and O–H groups in total. The Hall–Kier alpha value is -4.46. The van der Waals surface area contributed by atoms with E-state index >= 15 is 0 Å². The summed E-state index contributed by atoms with van der Waals surface area (Å²) in [6.45, 7) is 3.15. The first-order valence-corrected chi connectivity index (χ1v) is 13.1. The number of methoxy groups -OCH3 is 3. The molecule has 0 bridgehead atoms. The van der Waals surface area contributed by atoms with Crippen LogP contribution in [-0.2, 0) is 6.42 Å². The van der Waals surface area contributed by atoms with Gasteiger partial charge in [0.05, 0.1) is 39.7 Å². The monoisotopic (exact) mass is 527 g/mol. The summed E-state index contributed by atoms with van der Waals surface area (Å²) in [5, 5.41) is 7.60. The van der Waals surface area contributed by atoms with E-state index in [1.165, 1.54) is 0 Å². The standard InChI is InChI=1S/C31H33N3O5/c1-5-17-39-24-14-12-22(19-26(24)38-4)30-27-28(21-9-7-6-8-10-21)32-33-29(27)31(35)34(30)16-15-20-11-13-23(36-2)25(18-20)37-3/h6-14,18-19,30H,5,15-17H2,1-4H3,(H,32,33). The van der Waals surface area contributed by atoms with Crippen LogP contribution >= 0.6 is 0 Å². The predicted molar refractivity (Wildman–Crippen MR) is 149 cm³/mol. The molecule has 0 radical (unpaired) electrons. The van der Waals surface area contributed by atoms with E-state index in [9.17, 15) is 4.79 Å². The van der Waals surface area contributed by atoms with Crippen molar-refractivity contribution in [1.82, 2.24) is 15.1 Å². The first-order valence-electron chi connectivity index (χ1n) is 13.1. The van der Waals surface area contributed by atoms with E-state index in [-0.39, 0.29) is 11.9 Å². The highest BCUT2D eigenvalue weighted by atomic mass is 16.5. The van der Waals surface area contributed by atoms with Crippen LogP contribution in [0.25, 0.3) is 11.3 Å². The van der Waals surface area contributed by atoms with Crippen molar-refractivity contribution in [2.45, 2.75) is 25.8 Å². The fraction of sp³-hybridized carbons (Fsp3) is 0.290. The van der Waals surface area contributed by atoms with Crippen LogP contribution in [0.1, 0.15) is 46.6 Å². The highest BCUT2D eigenvalue weighted by Gasteiger charge is 2.42. The highest BCUT2D eigenvalue weighted by molar-refractivity contribution is 6.00. The molecule has 8 heteroatoms. The number of carbonyl (C=O) groups is 1. The molecule has 5 rings (SSSR count). The molecule has 0 aliphatic carbocycles. The molecule has 202 valence electrons. The molecule has 1 unspecified atom stereocenters. The Bertz CT molecular complexity index is 1450. The van der Waals surface area contributed by atoms with Gasteiger partial charge in [-0.05, 0) is 48.2 Å². The van der Waals surface area contributed by atoms with Gasteiger partial charge in [-0.3, -0.25) is 9.89 Å². The van der Waals surface area contributed by atoms with E-state index in [4.69, 9.17) is 18.9 Å². The summed E-state index contributed by atoms with van der Waals surface area (Å²) in [5.74, 6) is 2.55. The van der Waals surface area contributed by atoms with Crippen molar-refractivity contribution in [3.63, 3.8) is 0 Å². The lowest BCUT2D eigenvalue weighted by molar-refractivity contribution is 0.0745. The molecule has 2 heterocycles. The van der Waals surface area contributed by atoms with E-state index in [2.05, 4.69) is 17.1 Å². The number of hydrogen-bond donors (Lipinski definition) is 1. The normalized spacial score (nSPS) is 14.3. The minimum atomic E-state index is -0.351. The van der Waals surface area contributed by atoms with Gasteiger partial charge in [-0.15, -0.1) is 0 Å². The number of fused-ring (bicyclic) bond motifs is 1. The maximum absolute atomic E-state index is 13.8. The molecule has 1 aliphatic heterocycles. The van der Waals surface area contributed by atoms with E-state index in [0.717, 1.165) is 34.4 Å². The average Bonchev–Trinajstić information content (AvgIpc) is 3.53. The summed E-state index contributed by atoms with van der Waals surface area (Å²) in [4.78, 5) is 15.7. The number of hydrogen-bond acceptors (Lipinski definition) is 6. The summed E-state index contributed by atoms with van der Waals surface area (Å²) in [5.41, 5.74) is 5.05. The Morgan fingerprint density at radius 3 is 2.31 bits per heavy atom. The molecule has 0 spiro atoms. The largest absolute Gasteiger partial charge is 0.493 e. The predicted octanol–water partition coefficient (Wildman–Crippen LogP) is 5.68. The van der Waals surface area contributed by atoms with Gasteiger partial charge in [0, 0.05) is 17.7 Å². The van der Waals surface area contributed by atoms with Crippen LogP contribution in [0.4, 0.5) is 0 Å². The SMILES string of the molecule is CCCOc1ccc(C2c3c(-c4ccccc4)n[nH]c3C(=O)N2CCc2ccc(OC)c(OC)c2)cc1OC. The molecule has 0 saturated carbocycles. The van der Waals surface area contributed by atoms with Crippen molar-refractivity contribution in [1.29, 1.82) is 0 Å². The van der Waals surface area contributed by atoms with E-state index < -0.39 is 0 Å². The average molecular weight is 528 g/mol. The van der Waals surface area contributed by atoms with Crippen LogP contribution in [-0.4, -0.2) is 55.5 Å². The minimum absolute atomic E-state index is 0.0876. The number of ether oxygens (including phenoxy) is 4. The lowest BCUT2D eigenvalue weighted by Crippen LogP contribution is -2.31. The molecule has 0 saturated heterocycles. The van der Waals surface area contributed by atoms with Gasteiger partial charge in [0.25, 0.3) is 5.91 Å². The van der Waals surface area contributed by atoms with Crippen LogP contribution in [0.5, 0.6) is 23.0 Å². The summed E-state index contributed by atoms with van der Waals surface area (Å²) in [6, 6.07) is 21.3. The van der Waals surface area contributed by atoms with Crippen LogP contribution in [0, 0.1) is 0 Å². The lowest BCUT2D eigenvalue weighted by Gasteiger charge is -2.27. The van der Waals surface area contributed by atoms with Crippen molar-refractivity contribution >= 4 is 5.91 Å². The third-order valence-corrected chi connectivity index (χ3v) is 6.97. The van der Waals surface area contributed by atoms with Gasteiger partial charge in [0.2, 0.25) is 0 Å². The molecule has 4 aromatic rings. The smallest absolute Gasteiger partial charge is 0.273 e. The zero-order chi connectivity index (χ0) is 27.4. The van der Waals surface area contributed by atoms with Gasteiger partial charge in [-0.1, -0.05) is 49.4 Å². The lowest BCUT2D eigenvalue weighted by atomic mass is 9.95. The topological polar surface area (TPSA) is 85.9 Å². The first-order chi connectivity index (χ1) is 19.1. The van der Waals surface area contributed by atoms with Gasteiger partial charge in [0.15, 0.2) is 23.0 Å². The first kappa shape index (κ1) is 26.2. The molecular weight excluding hydrogens is 494 g/mol. The number of amides is 1. The molecule has 1 aliphatic rings. The van der Waals surface area contributed by atoms with Gasteiger partial charge in [-0.25, -0.2) is 0 Å². The maximum Gasteiger partial charge on any atom is 0.273 e. The molecule has 8 nitrogen and oxygen atoms in total. The van der Waals surface area contributed by atoms with Crippen LogP contribution < -0.4 is 18.9 Å². The van der Waals surface area contributed by atoms with Gasteiger partial charge < -0.3 is 23.8 Å². The van der Waals surface area contributed by atoms with Crippen molar-refractivity contribution in [2.24, 2.45) is 0 Å². The Morgan fingerprint density at radius 1 is 0.872 bits per heavy atom. The molecular formula is C31H33N3O5. The van der Waals surface area contributed by atoms with Crippen molar-refractivity contribution in [3.8, 4) is 34.3 Å². The minimum Gasteiger partial charge on any atom is -0.493 e. The summed E-state index contributed by atoms with van der Waals surface area (Å²) >= 11 is 0. The number of aromatic nitrogens is 2. The Balaban J connectivity index is 1.54. The maximum atomic E-state index is 13.8. The van der Waals surface area contributed by atoms with E-state index in [1.54, 1.807) is 21.3 Å². The summed E-state index contributed by atoms with van der Waals surface area (Å²) in [7, 11) is 4.86.